The molecule has 0 bridgehead atoms. The Labute approximate surface area is 131 Å². The van der Waals surface area contributed by atoms with Gasteiger partial charge in [-0.3, -0.25) is 4.79 Å². The zero-order chi connectivity index (χ0) is 15.4. The number of hydrogen-bond acceptors (Lipinski definition) is 4. The predicted molar refractivity (Wildman–Crippen MR) is 82.2 cm³/mol. The van der Waals surface area contributed by atoms with Gasteiger partial charge in [-0.2, -0.15) is 5.21 Å². The number of aromatic amines is 1. The second-order valence-corrected chi connectivity index (χ2v) is 4.99. The Balaban J connectivity index is 1.67. The molecular formula is C15H12ClN5O. The maximum absolute atomic E-state index is 12.1. The summed E-state index contributed by atoms with van der Waals surface area (Å²) in [6.45, 7) is 0.380. The van der Waals surface area contributed by atoms with Gasteiger partial charge in [0.2, 0.25) is 5.82 Å². The van der Waals surface area contributed by atoms with Crippen molar-refractivity contribution in [2.45, 2.75) is 6.54 Å². The topological polar surface area (TPSA) is 83.6 Å². The normalized spacial score (nSPS) is 10.4. The van der Waals surface area contributed by atoms with Gasteiger partial charge < -0.3 is 5.32 Å². The lowest BCUT2D eigenvalue weighted by atomic mass is 10.1. The Bertz CT molecular complexity index is 771. The number of aromatic nitrogens is 4. The van der Waals surface area contributed by atoms with Crippen molar-refractivity contribution in [1.82, 2.24) is 25.9 Å². The van der Waals surface area contributed by atoms with Crippen LogP contribution in [-0.4, -0.2) is 26.5 Å². The molecule has 2 aromatic carbocycles. The minimum Gasteiger partial charge on any atom is -0.348 e. The third-order valence-electron chi connectivity index (χ3n) is 3.15. The fourth-order valence-electron chi connectivity index (χ4n) is 1.97. The highest BCUT2D eigenvalue weighted by molar-refractivity contribution is 6.31. The summed E-state index contributed by atoms with van der Waals surface area (Å²) in [5, 5.41) is 17.1. The van der Waals surface area contributed by atoms with Gasteiger partial charge in [-0.15, -0.1) is 10.2 Å². The van der Waals surface area contributed by atoms with Crippen LogP contribution in [0.5, 0.6) is 0 Å². The summed E-state index contributed by atoms with van der Waals surface area (Å²) in [7, 11) is 0. The number of amides is 1. The van der Waals surface area contributed by atoms with Gasteiger partial charge in [-0.05, 0) is 29.0 Å². The molecule has 1 amide bonds. The van der Waals surface area contributed by atoms with Crippen molar-refractivity contribution >= 4 is 17.5 Å². The second-order valence-electron chi connectivity index (χ2n) is 4.59. The van der Waals surface area contributed by atoms with Crippen LogP contribution < -0.4 is 5.32 Å². The van der Waals surface area contributed by atoms with Crippen LogP contribution in [0.3, 0.4) is 0 Å². The Morgan fingerprint density at radius 3 is 2.59 bits per heavy atom. The van der Waals surface area contributed by atoms with Gasteiger partial charge in [-0.1, -0.05) is 41.9 Å². The molecule has 0 radical (unpaired) electrons. The van der Waals surface area contributed by atoms with E-state index in [4.69, 9.17) is 11.6 Å². The summed E-state index contributed by atoms with van der Waals surface area (Å²) in [6, 6.07) is 14.4. The van der Waals surface area contributed by atoms with Crippen molar-refractivity contribution in [3.8, 4) is 11.4 Å². The van der Waals surface area contributed by atoms with Gasteiger partial charge in [0.05, 0.1) is 0 Å². The van der Waals surface area contributed by atoms with Crippen molar-refractivity contribution < 1.29 is 4.79 Å². The van der Waals surface area contributed by atoms with Gasteiger partial charge in [0.15, 0.2) is 0 Å². The lowest BCUT2D eigenvalue weighted by molar-refractivity contribution is 0.0951. The first kappa shape index (κ1) is 14.2. The highest BCUT2D eigenvalue weighted by Crippen LogP contribution is 2.16. The van der Waals surface area contributed by atoms with E-state index in [0.29, 0.717) is 23.0 Å². The van der Waals surface area contributed by atoms with E-state index < -0.39 is 0 Å². The van der Waals surface area contributed by atoms with E-state index in [1.807, 2.05) is 18.2 Å². The number of rotatable bonds is 4. The van der Waals surface area contributed by atoms with E-state index in [1.165, 1.54) is 0 Å². The summed E-state index contributed by atoms with van der Waals surface area (Å²) in [4.78, 5) is 12.1. The SMILES string of the molecule is O=C(NCc1ccccc1Cl)c1ccc(-c2nn[nH]n2)cc1. The maximum atomic E-state index is 12.1. The summed E-state index contributed by atoms with van der Waals surface area (Å²) >= 11 is 6.06. The number of nitrogens with one attached hydrogen (secondary N) is 2. The van der Waals surface area contributed by atoms with Crippen molar-refractivity contribution in [1.29, 1.82) is 0 Å². The molecule has 2 N–H and O–H groups in total. The van der Waals surface area contributed by atoms with Crippen molar-refractivity contribution in [2.75, 3.05) is 0 Å². The molecule has 0 atom stereocenters. The molecule has 0 aliphatic rings. The zero-order valence-corrected chi connectivity index (χ0v) is 12.2. The molecule has 1 heterocycles. The monoisotopic (exact) mass is 313 g/mol. The lowest BCUT2D eigenvalue weighted by Gasteiger charge is -2.07. The molecule has 0 saturated heterocycles. The van der Waals surface area contributed by atoms with Crippen molar-refractivity contribution in [2.24, 2.45) is 0 Å². The van der Waals surface area contributed by atoms with Crippen molar-refractivity contribution in [3.63, 3.8) is 0 Å². The zero-order valence-electron chi connectivity index (χ0n) is 11.5. The fraction of sp³-hybridized carbons (Fsp3) is 0.0667. The van der Waals surface area contributed by atoms with Gasteiger partial charge in [0.25, 0.3) is 5.91 Å². The van der Waals surface area contributed by atoms with Crippen molar-refractivity contribution in [3.05, 3.63) is 64.7 Å². The third kappa shape index (κ3) is 3.12. The second kappa shape index (κ2) is 6.36. The first-order valence-corrected chi connectivity index (χ1v) is 6.97. The number of tetrazole rings is 1. The molecule has 0 unspecified atom stereocenters. The molecule has 22 heavy (non-hydrogen) atoms. The first-order chi connectivity index (χ1) is 10.7. The molecule has 7 heteroatoms. The van der Waals surface area contributed by atoms with E-state index >= 15 is 0 Å². The molecule has 0 aliphatic heterocycles. The standard InChI is InChI=1S/C15H12ClN5O/c16-13-4-2-1-3-12(13)9-17-15(22)11-7-5-10(6-8-11)14-18-20-21-19-14/h1-8H,9H2,(H,17,22)(H,18,19,20,21). The summed E-state index contributed by atoms with van der Waals surface area (Å²) in [5.41, 5.74) is 2.22. The summed E-state index contributed by atoms with van der Waals surface area (Å²) in [5.74, 6) is 0.322. The quantitative estimate of drug-likeness (QED) is 0.775. The van der Waals surface area contributed by atoms with E-state index in [2.05, 4.69) is 25.9 Å². The van der Waals surface area contributed by atoms with E-state index in [1.54, 1.807) is 30.3 Å². The molecular weight excluding hydrogens is 302 g/mol. The van der Waals surface area contributed by atoms with E-state index in [9.17, 15) is 4.79 Å². The Kier molecular flexibility index (Phi) is 4.11. The van der Waals surface area contributed by atoms with Crippen LogP contribution in [0.15, 0.2) is 48.5 Å². The number of nitrogens with zero attached hydrogens (tertiary/aromatic N) is 3. The molecule has 3 aromatic rings. The minimum absolute atomic E-state index is 0.167. The van der Waals surface area contributed by atoms with Gasteiger partial charge in [0.1, 0.15) is 0 Å². The predicted octanol–water partition coefficient (Wildman–Crippen LogP) is 2.45. The van der Waals surface area contributed by atoms with Crippen LogP contribution in [0.1, 0.15) is 15.9 Å². The number of H-pyrrole nitrogens is 1. The van der Waals surface area contributed by atoms with Gasteiger partial charge in [0, 0.05) is 22.7 Å². The summed E-state index contributed by atoms with van der Waals surface area (Å²) < 4.78 is 0. The number of benzene rings is 2. The largest absolute Gasteiger partial charge is 0.348 e. The van der Waals surface area contributed by atoms with Crippen LogP contribution in [-0.2, 0) is 6.54 Å². The fourth-order valence-corrected chi connectivity index (χ4v) is 2.18. The molecule has 0 aliphatic carbocycles. The lowest BCUT2D eigenvalue weighted by Crippen LogP contribution is -2.22. The Morgan fingerprint density at radius 1 is 1.14 bits per heavy atom. The number of hydrogen-bond donors (Lipinski definition) is 2. The summed E-state index contributed by atoms with van der Waals surface area (Å²) in [6.07, 6.45) is 0. The average molecular weight is 314 g/mol. The molecule has 3 rings (SSSR count). The number of carbonyl (C=O) groups excluding carboxylic acids is 1. The average Bonchev–Trinajstić information content (AvgIpc) is 3.08. The molecule has 0 fully saturated rings. The highest BCUT2D eigenvalue weighted by atomic mass is 35.5. The van der Waals surface area contributed by atoms with Crippen LogP contribution in [0.25, 0.3) is 11.4 Å². The molecule has 1 aromatic heterocycles. The Morgan fingerprint density at radius 2 is 1.91 bits per heavy atom. The molecule has 0 spiro atoms. The smallest absolute Gasteiger partial charge is 0.251 e. The molecule has 110 valence electrons. The number of halogens is 1. The van der Waals surface area contributed by atoms with Gasteiger partial charge >= 0.3 is 0 Å². The minimum atomic E-state index is -0.167. The maximum Gasteiger partial charge on any atom is 0.251 e. The Hall–Kier alpha value is -2.73. The highest BCUT2D eigenvalue weighted by Gasteiger charge is 2.08. The van der Waals surface area contributed by atoms with Crippen LogP contribution >= 0.6 is 11.6 Å². The van der Waals surface area contributed by atoms with Crippen LogP contribution in [0, 0.1) is 0 Å². The third-order valence-corrected chi connectivity index (χ3v) is 3.52. The number of carbonyl (C=O) groups is 1. The van der Waals surface area contributed by atoms with E-state index in [-0.39, 0.29) is 5.91 Å². The molecule has 0 saturated carbocycles. The molecule has 6 nitrogen and oxygen atoms in total. The van der Waals surface area contributed by atoms with Crippen LogP contribution in [0.4, 0.5) is 0 Å². The van der Waals surface area contributed by atoms with E-state index in [0.717, 1.165) is 11.1 Å². The first-order valence-electron chi connectivity index (χ1n) is 6.59. The van der Waals surface area contributed by atoms with Gasteiger partial charge in [-0.25, -0.2) is 0 Å². The van der Waals surface area contributed by atoms with Crippen LogP contribution in [0.2, 0.25) is 5.02 Å².